The number of allylic oxidation sites excluding steroid dienone is 1. The third-order valence-electron chi connectivity index (χ3n) is 5.02. The molecule has 0 fully saturated rings. The first-order valence-corrected chi connectivity index (χ1v) is 10.9. The molecule has 0 amide bonds. The Bertz CT molecular complexity index is 980. The van der Waals surface area contributed by atoms with Crippen molar-refractivity contribution < 1.29 is 62.3 Å². The molecule has 2 aromatic carbocycles. The van der Waals surface area contributed by atoms with E-state index >= 15 is 0 Å². The van der Waals surface area contributed by atoms with Gasteiger partial charge in [-0.1, -0.05) is 26.0 Å². The number of non-ortho nitro benzene ring substituents is 2. The van der Waals surface area contributed by atoms with Gasteiger partial charge in [0.15, 0.2) is 0 Å². The average molecular weight is 563 g/mol. The second-order valence-electron chi connectivity index (χ2n) is 7.55. The van der Waals surface area contributed by atoms with Crippen molar-refractivity contribution >= 4 is 17.3 Å². The molecular formula is C24H30N2O8Y. The third-order valence-corrected chi connectivity index (χ3v) is 5.02. The maximum Gasteiger partial charge on any atom is 0.317 e. The predicted octanol–water partition coefficient (Wildman–Crippen LogP) is 5.32. The summed E-state index contributed by atoms with van der Waals surface area (Å²) >= 11 is 0. The SMILES string of the molecule is CC.CC1(C(=O)Oc2ccc([N+](=O)[O-])cc2)CC/C=C/C(O)CC1.O=[N+]([O-])c1ccc(O)cc1.[Y]. The Hall–Kier alpha value is -2.69. The number of esters is 1. The van der Waals surface area contributed by atoms with Gasteiger partial charge < -0.3 is 14.9 Å². The summed E-state index contributed by atoms with van der Waals surface area (Å²) in [5, 5.41) is 39.1. The van der Waals surface area contributed by atoms with Crippen molar-refractivity contribution in [1.82, 2.24) is 0 Å². The zero-order valence-corrected chi connectivity index (χ0v) is 22.8. The van der Waals surface area contributed by atoms with Crippen LogP contribution in [0.15, 0.2) is 60.7 Å². The van der Waals surface area contributed by atoms with E-state index in [1.165, 1.54) is 48.5 Å². The first kappa shape index (κ1) is 32.3. The van der Waals surface area contributed by atoms with Crippen molar-refractivity contribution in [3.05, 3.63) is 80.9 Å². The molecule has 2 unspecified atom stereocenters. The van der Waals surface area contributed by atoms with E-state index in [-0.39, 0.29) is 61.6 Å². The fourth-order valence-corrected chi connectivity index (χ4v) is 2.99. The molecule has 2 N–H and O–H groups in total. The summed E-state index contributed by atoms with van der Waals surface area (Å²) in [6, 6.07) is 10.5. The number of ether oxygens (including phenoxy) is 1. The summed E-state index contributed by atoms with van der Waals surface area (Å²) in [5.41, 5.74) is -0.740. The maximum atomic E-state index is 12.4. The second kappa shape index (κ2) is 16.1. The van der Waals surface area contributed by atoms with Crippen LogP contribution in [-0.2, 0) is 37.5 Å². The molecular weight excluding hydrogens is 533 g/mol. The standard InChI is InChI=1S/C16H19NO5.C6H5NO3.C2H6.Y/c1-16(10-3-2-4-13(18)9-11-16)15(19)22-14-7-5-12(6-8-14)17(20)21;8-6-3-1-5(2-4-6)7(9)10;1-2;/h2,4-8,13,18H,3,9-11H2,1H3;1-4,8H;1-2H3;/b4-2+;;;. The van der Waals surface area contributed by atoms with Crippen molar-refractivity contribution in [2.75, 3.05) is 0 Å². The summed E-state index contributed by atoms with van der Waals surface area (Å²) in [5.74, 6) is -0.0515. The number of aromatic hydroxyl groups is 1. The van der Waals surface area contributed by atoms with Crippen LogP contribution in [0.4, 0.5) is 11.4 Å². The minimum atomic E-state index is -0.673. The zero-order valence-electron chi connectivity index (χ0n) is 20.0. The third kappa shape index (κ3) is 11.1. The number of aliphatic hydroxyl groups is 1. The van der Waals surface area contributed by atoms with E-state index in [0.717, 1.165) is 0 Å². The van der Waals surface area contributed by atoms with Gasteiger partial charge in [-0.05, 0) is 56.9 Å². The molecule has 0 aromatic heterocycles. The minimum Gasteiger partial charge on any atom is -0.508 e. The van der Waals surface area contributed by atoms with Crippen LogP contribution >= 0.6 is 0 Å². The van der Waals surface area contributed by atoms with Crippen LogP contribution in [-0.4, -0.2) is 32.1 Å². The van der Waals surface area contributed by atoms with Gasteiger partial charge >= 0.3 is 5.97 Å². The molecule has 1 radical (unpaired) electrons. The number of carbonyl (C=O) groups excluding carboxylic acids is 1. The molecule has 0 saturated carbocycles. The Balaban J connectivity index is 0.000000748. The van der Waals surface area contributed by atoms with Crippen LogP contribution in [0.3, 0.4) is 0 Å². The van der Waals surface area contributed by atoms with Crippen molar-refractivity contribution in [2.24, 2.45) is 5.41 Å². The number of nitrogens with zero attached hydrogens (tertiary/aromatic N) is 2. The summed E-state index contributed by atoms with van der Waals surface area (Å²) in [7, 11) is 0. The summed E-state index contributed by atoms with van der Waals surface area (Å²) in [6.07, 6.45) is 5.46. The predicted molar refractivity (Wildman–Crippen MR) is 127 cm³/mol. The van der Waals surface area contributed by atoms with E-state index in [1.54, 1.807) is 6.08 Å². The number of benzene rings is 2. The van der Waals surface area contributed by atoms with Gasteiger partial charge in [-0.15, -0.1) is 0 Å². The molecule has 187 valence electrons. The normalized spacial score (nSPS) is 19.5. The van der Waals surface area contributed by atoms with Crippen LogP contribution in [0.1, 0.15) is 46.5 Å². The van der Waals surface area contributed by atoms with Crippen molar-refractivity contribution in [2.45, 2.75) is 52.6 Å². The Morgan fingerprint density at radius 1 is 0.971 bits per heavy atom. The van der Waals surface area contributed by atoms with Gasteiger partial charge in [-0.2, -0.15) is 0 Å². The molecule has 11 heteroatoms. The number of hydrogen-bond acceptors (Lipinski definition) is 8. The second-order valence-corrected chi connectivity index (χ2v) is 7.55. The van der Waals surface area contributed by atoms with Gasteiger partial charge in [-0.3, -0.25) is 25.0 Å². The van der Waals surface area contributed by atoms with Crippen LogP contribution in [0, 0.1) is 25.6 Å². The number of carbonyl (C=O) groups is 1. The number of phenolic OH excluding ortho intramolecular Hbond substituents is 1. The van der Waals surface area contributed by atoms with E-state index < -0.39 is 21.4 Å². The largest absolute Gasteiger partial charge is 0.508 e. The molecule has 0 saturated heterocycles. The van der Waals surface area contributed by atoms with Crippen LogP contribution in [0.2, 0.25) is 0 Å². The molecule has 0 heterocycles. The van der Waals surface area contributed by atoms with E-state index in [0.29, 0.717) is 25.7 Å². The number of aliphatic hydroxyl groups excluding tert-OH is 1. The fourth-order valence-electron chi connectivity index (χ4n) is 2.99. The topological polar surface area (TPSA) is 153 Å². The summed E-state index contributed by atoms with van der Waals surface area (Å²) in [6.45, 7) is 5.83. The first-order valence-electron chi connectivity index (χ1n) is 10.9. The smallest absolute Gasteiger partial charge is 0.317 e. The molecule has 2 aromatic rings. The van der Waals surface area contributed by atoms with Crippen molar-refractivity contribution in [3.63, 3.8) is 0 Å². The van der Waals surface area contributed by atoms with Crippen molar-refractivity contribution in [1.29, 1.82) is 0 Å². The fraction of sp³-hybridized carbons (Fsp3) is 0.375. The Morgan fingerprint density at radius 2 is 1.46 bits per heavy atom. The zero-order chi connectivity index (χ0) is 25.7. The molecule has 3 rings (SSSR count). The Kier molecular flexibility index (Phi) is 14.8. The van der Waals surface area contributed by atoms with Gasteiger partial charge in [0.2, 0.25) is 0 Å². The monoisotopic (exact) mass is 563 g/mol. The van der Waals surface area contributed by atoms with Gasteiger partial charge in [0, 0.05) is 57.0 Å². The molecule has 0 aliphatic heterocycles. The molecule has 1 aliphatic carbocycles. The molecule has 35 heavy (non-hydrogen) atoms. The summed E-state index contributed by atoms with van der Waals surface area (Å²) in [4.78, 5) is 32.0. The minimum absolute atomic E-state index is 0. The molecule has 2 atom stereocenters. The number of rotatable bonds is 4. The van der Waals surface area contributed by atoms with Crippen LogP contribution < -0.4 is 4.74 Å². The number of nitro groups is 2. The molecule has 10 nitrogen and oxygen atoms in total. The van der Waals surface area contributed by atoms with Gasteiger partial charge in [0.25, 0.3) is 11.4 Å². The Labute approximate surface area is 229 Å². The first-order chi connectivity index (χ1) is 16.1. The van der Waals surface area contributed by atoms with Gasteiger partial charge in [-0.25, -0.2) is 0 Å². The van der Waals surface area contributed by atoms with E-state index in [2.05, 4.69) is 0 Å². The molecule has 1 aliphatic rings. The van der Waals surface area contributed by atoms with Gasteiger partial charge in [0.1, 0.15) is 11.5 Å². The van der Waals surface area contributed by atoms with Crippen LogP contribution in [0.25, 0.3) is 0 Å². The summed E-state index contributed by atoms with van der Waals surface area (Å²) < 4.78 is 5.36. The van der Waals surface area contributed by atoms with E-state index in [1.807, 2.05) is 26.8 Å². The quantitative estimate of drug-likeness (QED) is 0.167. The average Bonchev–Trinajstić information content (AvgIpc) is 2.82. The molecule has 0 spiro atoms. The Morgan fingerprint density at radius 3 is 1.94 bits per heavy atom. The van der Waals surface area contributed by atoms with E-state index in [4.69, 9.17) is 9.84 Å². The number of nitro benzene ring substituents is 2. The van der Waals surface area contributed by atoms with E-state index in [9.17, 15) is 30.1 Å². The number of hydrogen-bond donors (Lipinski definition) is 2. The van der Waals surface area contributed by atoms with Crippen LogP contribution in [0.5, 0.6) is 11.5 Å². The van der Waals surface area contributed by atoms with Crippen molar-refractivity contribution in [3.8, 4) is 11.5 Å². The maximum absolute atomic E-state index is 12.4. The molecule has 0 bridgehead atoms. The van der Waals surface area contributed by atoms with Gasteiger partial charge in [0.05, 0.1) is 21.4 Å². The number of phenols is 1.